The lowest BCUT2D eigenvalue weighted by Crippen LogP contribution is -2.52. The minimum atomic E-state index is 0.115. The van der Waals surface area contributed by atoms with Crippen molar-refractivity contribution in [2.45, 2.75) is 57.0 Å². The van der Waals surface area contributed by atoms with Crippen molar-refractivity contribution in [1.29, 1.82) is 5.41 Å². The normalized spacial score (nSPS) is 26.1. The third-order valence-electron chi connectivity index (χ3n) is 7.19. The Morgan fingerprint density at radius 3 is 2.37 bits per heavy atom. The quantitative estimate of drug-likeness (QED) is 0.579. The van der Waals surface area contributed by atoms with Gasteiger partial charge in [-0.05, 0) is 80.8 Å². The third kappa shape index (κ3) is 3.36. The summed E-state index contributed by atoms with van der Waals surface area (Å²) >= 11 is 0. The molecule has 4 aliphatic rings. The SMILES string of the molecule is N=C(N)c1cccc(C2CCCCN2c2ccc(N3C(=O)C4CCC3CC4)cc2)c1. The fourth-order valence-electron chi connectivity index (χ4n) is 5.60. The number of benzene rings is 2. The number of fused-ring (bicyclic) bond motifs is 3. The highest BCUT2D eigenvalue weighted by Gasteiger charge is 2.40. The molecule has 3 saturated heterocycles. The Bertz CT molecular complexity index is 946. The smallest absolute Gasteiger partial charge is 0.230 e. The van der Waals surface area contributed by atoms with Crippen molar-refractivity contribution in [2.24, 2.45) is 11.7 Å². The summed E-state index contributed by atoms with van der Waals surface area (Å²) in [6.45, 7) is 1.02. The van der Waals surface area contributed by atoms with E-state index in [4.69, 9.17) is 11.1 Å². The van der Waals surface area contributed by atoms with Gasteiger partial charge in [0.15, 0.2) is 0 Å². The second-order valence-corrected chi connectivity index (χ2v) is 8.97. The van der Waals surface area contributed by atoms with Crippen molar-refractivity contribution in [3.8, 4) is 0 Å². The zero-order valence-electron chi connectivity index (χ0n) is 17.4. The van der Waals surface area contributed by atoms with Gasteiger partial charge in [-0.1, -0.05) is 18.2 Å². The van der Waals surface area contributed by atoms with Crippen molar-refractivity contribution in [2.75, 3.05) is 16.3 Å². The minimum absolute atomic E-state index is 0.115. The molecule has 1 saturated carbocycles. The van der Waals surface area contributed by atoms with Crippen LogP contribution in [0.25, 0.3) is 0 Å². The molecule has 2 aromatic rings. The fourth-order valence-corrected chi connectivity index (χ4v) is 5.60. The van der Waals surface area contributed by atoms with Gasteiger partial charge in [0.2, 0.25) is 5.91 Å². The number of amidine groups is 1. The first kappa shape index (κ1) is 19.2. The Morgan fingerprint density at radius 1 is 0.933 bits per heavy atom. The van der Waals surface area contributed by atoms with Crippen molar-refractivity contribution in [3.05, 3.63) is 59.7 Å². The molecule has 2 aromatic carbocycles. The topological polar surface area (TPSA) is 73.4 Å². The summed E-state index contributed by atoms with van der Waals surface area (Å²) in [5.74, 6) is 0.668. The molecule has 4 fully saturated rings. The van der Waals surface area contributed by atoms with Crippen LogP contribution in [0.3, 0.4) is 0 Å². The number of nitrogens with one attached hydrogen (secondary N) is 1. The first-order chi connectivity index (χ1) is 14.6. The average molecular weight is 403 g/mol. The molecule has 0 spiro atoms. The molecule has 1 aliphatic carbocycles. The predicted octanol–water partition coefficient (Wildman–Crippen LogP) is 4.61. The van der Waals surface area contributed by atoms with Crippen LogP contribution in [-0.4, -0.2) is 24.3 Å². The molecule has 5 heteroatoms. The van der Waals surface area contributed by atoms with Gasteiger partial charge in [-0.25, -0.2) is 0 Å². The van der Waals surface area contributed by atoms with Crippen LogP contribution in [0.2, 0.25) is 0 Å². The fraction of sp³-hybridized carbons (Fsp3) is 0.440. The van der Waals surface area contributed by atoms with Crippen LogP contribution in [0.4, 0.5) is 11.4 Å². The number of nitrogens with two attached hydrogens (primary N) is 1. The molecular formula is C25H30N4O. The summed E-state index contributed by atoms with van der Waals surface area (Å²) in [6.07, 6.45) is 7.88. The number of nitrogens with zero attached hydrogens (tertiary/aromatic N) is 2. The number of nitrogen functional groups attached to an aromatic ring is 1. The first-order valence-corrected chi connectivity index (χ1v) is 11.3. The zero-order chi connectivity index (χ0) is 20.7. The Kier molecular flexibility index (Phi) is 4.97. The lowest BCUT2D eigenvalue weighted by Gasteiger charge is -2.45. The maximum absolute atomic E-state index is 12.8. The summed E-state index contributed by atoms with van der Waals surface area (Å²) in [4.78, 5) is 17.3. The van der Waals surface area contributed by atoms with Gasteiger partial charge in [0, 0.05) is 35.4 Å². The van der Waals surface area contributed by atoms with Crippen LogP contribution in [0.15, 0.2) is 48.5 Å². The standard InChI is InChI=1S/C25H30N4O/c26-24(27)19-5-3-4-18(16-19)23-6-1-2-15-28(23)20-11-13-22(14-12-20)29-21-9-7-17(8-10-21)25(29)30/h3-5,11-14,16-17,21,23H,1-2,6-10,15H2,(H3,26,27). The molecule has 0 radical (unpaired) electrons. The molecule has 2 bridgehead atoms. The van der Waals surface area contributed by atoms with Gasteiger partial charge in [-0.2, -0.15) is 0 Å². The predicted molar refractivity (Wildman–Crippen MR) is 121 cm³/mol. The van der Waals surface area contributed by atoms with Gasteiger partial charge in [0.1, 0.15) is 5.84 Å². The molecule has 3 aliphatic heterocycles. The minimum Gasteiger partial charge on any atom is -0.384 e. The summed E-state index contributed by atoms with van der Waals surface area (Å²) in [7, 11) is 0. The van der Waals surface area contributed by atoms with E-state index in [1.807, 2.05) is 12.1 Å². The summed E-state index contributed by atoms with van der Waals surface area (Å²) in [6, 6.07) is 17.4. The summed E-state index contributed by atoms with van der Waals surface area (Å²) < 4.78 is 0. The van der Waals surface area contributed by atoms with E-state index in [0.717, 1.165) is 49.9 Å². The largest absolute Gasteiger partial charge is 0.384 e. The van der Waals surface area contributed by atoms with E-state index in [2.05, 4.69) is 46.2 Å². The van der Waals surface area contributed by atoms with Crippen LogP contribution in [0.5, 0.6) is 0 Å². The zero-order valence-corrected chi connectivity index (χ0v) is 17.4. The molecular weight excluding hydrogens is 372 g/mol. The highest BCUT2D eigenvalue weighted by atomic mass is 16.2. The molecule has 6 rings (SSSR count). The van der Waals surface area contributed by atoms with E-state index in [0.29, 0.717) is 11.9 Å². The molecule has 3 N–H and O–H groups in total. The maximum atomic E-state index is 12.8. The number of carbonyl (C=O) groups excluding carboxylic acids is 1. The number of amides is 1. The molecule has 1 unspecified atom stereocenters. The van der Waals surface area contributed by atoms with Crippen molar-refractivity contribution >= 4 is 23.1 Å². The number of rotatable bonds is 4. The summed E-state index contributed by atoms with van der Waals surface area (Å²) in [5, 5.41) is 7.76. The number of hydrogen-bond donors (Lipinski definition) is 2. The van der Waals surface area contributed by atoms with Gasteiger partial charge in [-0.15, -0.1) is 0 Å². The monoisotopic (exact) mass is 402 g/mol. The van der Waals surface area contributed by atoms with Gasteiger partial charge >= 0.3 is 0 Å². The Hall–Kier alpha value is -2.82. The van der Waals surface area contributed by atoms with Gasteiger partial charge in [0.25, 0.3) is 0 Å². The van der Waals surface area contributed by atoms with Gasteiger partial charge in [0.05, 0.1) is 6.04 Å². The van der Waals surface area contributed by atoms with Crippen molar-refractivity contribution < 1.29 is 4.79 Å². The van der Waals surface area contributed by atoms with Gasteiger partial charge < -0.3 is 15.5 Å². The molecule has 156 valence electrons. The average Bonchev–Trinajstić information content (AvgIpc) is 2.80. The van der Waals surface area contributed by atoms with Crippen molar-refractivity contribution in [1.82, 2.24) is 0 Å². The van der Waals surface area contributed by atoms with Crippen LogP contribution < -0.4 is 15.5 Å². The van der Waals surface area contributed by atoms with Crippen LogP contribution >= 0.6 is 0 Å². The maximum Gasteiger partial charge on any atom is 0.230 e. The number of piperidine rings is 3. The summed E-state index contributed by atoms with van der Waals surface area (Å²) in [5.41, 5.74) is 9.97. The van der Waals surface area contributed by atoms with E-state index < -0.39 is 0 Å². The van der Waals surface area contributed by atoms with E-state index in [9.17, 15) is 4.79 Å². The van der Waals surface area contributed by atoms with Crippen LogP contribution in [0, 0.1) is 11.3 Å². The highest BCUT2D eigenvalue weighted by molar-refractivity contribution is 5.97. The lowest BCUT2D eigenvalue weighted by atomic mass is 9.79. The lowest BCUT2D eigenvalue weighted by molar-refractivity contribution is -0.126. The Morgan fingerprint density at radius 2 is 1.67 bits per heavy atom. The first-order valence-electron chi connectivity index (χ1n) is 11.3. The van der Waals surface area contributed by atoms with Crippen molar-refractivity contribution in [3.63, 3.8) is 0 Å². The second kappa shape index (κ2) is 7.78. The molecule has 1 atom stereocenters. The van der Waals surface area contributed by atoms with E-state index in [1.165, 1.54) is 24.1 Å². The van der Waals surface area contributed by atoms with E-state index >= 15 is 0 Å². The molecule has 3 heterocycles. The number of hydrogen-bond acceptors (Lipinski definition) is 3. The molecule has 5 nitrogen and oxygen atoms in total. The Labute approximate surface area is 178 Å². The Balaban J connectivity index is 1.40. The third-order valence-corrected chi connectivity index (χ3v) is 7.19. The van der Waals surface area contributed by atoms with Gasteiger partial charge in [-0.3, -0.25) is 10.2 Å². The van der Waals surface area contributed by atoms with Crippen LogP contribution in [-0.2, 0) is 4.79 Å². The van der Waals surface area contributed by atoms with E-state index in [1.54, 1.807) is 0 Å². The number of carbonyl (C=O) groups is 1. The number of anilines is 2. The van der Waals surface area contributed by atoms with E-state index in [-0.39, 0.29) is 17.8 Å². The second-order valence-electron chi connectivity index (χ2n) is 8.97. The highest BCUT2D eigenvalue weighted by Crippen LogP contribution is 2.40. The molecule has 1 amide bonds. The van der Waals surface area contributed by atoms with Crippen LogP contribution in [0.1, 0.15) is 62.1 Å². The molecule has 30 heavy (non-hydrogen) atoms. The molecule has 0 aromatic heterocycles.